The number of methoxy groups -OCH3 is 1. The fourth-order valence-corrected chi connectivity index (χ4v) is 3.75. The zero-order valence-electron chi connectivity index (χ0n) is 16.4. The standard InChI is InChI=1S/C24H17BrClNO4/c1-30-21-11-8-15(12-18(21)26)23(29)24-22(17-4-2-3-5-20(17)31-24)27-13-19(28)14-6-9-16(25)10-7-14/h2-12,27H,13H2,1H3. The molecule has 0 spiro atoms. The van der Waals surface area contributed by atoms with Gasteiger partial charge in [-0.25, -0.2) is 0 Å². The van der Waals surface area contributed by atoms with Crippen LogP contribution in [0.5, 0.6) is 5.75 Å². The first-order valence-electron chi connectivity index (χ1n) is 9.40. The van der Waals surface area contributed by atoms with Gasteiger partial charge in [0.1, 0.15) is 11.3 Å². The van der Waals surface area contributed by atoms with Crippen LogP contribution in [0.3, 0.4) is 0 Å². The van der Waals surface area contributed by atoms with Crippen LogP contribution < -0.4 is 10.1 Å². The molecule has 0 amide bonds. The van der Waals surface area contributed by atoms with E-state index in [2.05, 4.69) is 21.2 Å². The Morgan fingerprint density at radius 2 is 1.74 bits per heavy atom. The fourth-order valence-electron chi connectivity index (χ4n) is 3.23. The largest absolute Gasteiger partial charge is 0.495 e. The van der Waals surface area contributed by atoms with E-state index in [-0.39, 0.29) is 23.9 Å². The molecule has 4 rings (SSSR count). The van der Waals surface area contributed by atoms with Gasteiger partial charge in [0.05, 0.1) is 24.4 Å². The number of ketones is 2. The molecule has 0 aliphatic rings. The highest BCUT2D eigenvalue weighted by Crippen LogP contribution is 2.34. The molecule has 7 heteroatoms. The molecule has 0 bridgehead atoms. The van der Waals surface area contributed by atoms with Gasteiger partial charge in [-0.15, -0.1) is 0 Å². The summed E-state index contributed by atoms with van der Waals surface area (Å²) >= 11 is 9.55. The highest BCUT2D eigenvalue weighted by Gasteiger charge is 2.23. The Hall–Kier alpha value is -3.09. The maximum absolute atomic E-state index is 13.2. The third kappa shape index (κ3) is 4.36. The monoisotopic (exact) mass is 497 g/mol. The number of fused-ring (bicyclic) bond motifs is 1. The van der Waals surface area contributed by atoms with E-state index in [1.54, 1.807) is 30.3 Å². The number of hydrogen-bond acceptors (Lipinski definition) is 5. The van der Waals surface area contributed by atoms with Crippen molar-refractivity contribution in [2.75, 3.05) is 19.0 Å². The van der Waals surface area contributed by atoms with Crippen LogP contribution in [0.25, 0.3) is 11.0 Å². The van der Waals surface area contributed by atoms with E-state index in [9.17, 15) is 9.59 Å². The minimum Gasteiger partial charge on any atom is -0.495 e. The summed E-state index contributed by atoms with van der Waals surface area (Å²) in [5, 5.41) is 4.14. The summed E-state index contributed by atoms with van der Waals surface area (Å²) in [5.41, 5.74) is 1.94. The molecule has 0 aliphatic heterocycles. The average Bonchev–Trinajstić information content (AvgIpc) is 3.16. The summed E-state index contributed by atoms with van der Waals surface area (Å²) in [6.07, 6.45) is 0. The topological polar surface area (TPSA) is 68.5 Å². The van der Waals surface area contributed by atoms with E-state index in [0.717, 1.165) is 4.47 Å². The van der Waals surface area contributed by atoms with Gasteiger partial charge in [0, 0.05) is 21.0 Å². The van der Waals surface area contributed by atoms with Gasteiger partial charge < -0.3 is 14.5 Å². The molecule has 0 saturated carbocycles. The Morgan fingerprint density at radius 1 is 1.03 bits per heavy atom. The Morgan fingerprint density at radius 3 is 2.45 bits per heavy atom. The number of furan rings is 1. The number of nitrogens with one attached hydrogen (secondary N) is 1. The normalized spacial score (nSPS) is 10.8. The van der Waals surface area contributed by atoms with Crippen molar-refractivity contribution in [2.24, 2.45) is 0 Å². The minimum absolute atomic E-state index is 0.00874. The van der Waals surface area contributed by atoms with Crippen molar-refractivity contribution < 1.29 is 18.7 Å². The zero-order chi connectivity index (χ0) is 22.0. The van der Waals surface area contributed by atoms with E-state index in [1.807, 2.05) is 30.3 Å². The SMILES string of the molecule is COc1ccc(C(=O)c2oc3ccccc3c2NCC(=O)c2ccc(Br)cc2)cc1Cl. The van der Waals surface area contributed by atoms with E-state index in [0.29, 0.717) is 38.6 Å². The van der Waals surface area contributed by atoms with E-state index >= 15 is 0 Å². The Bertz CT molecular complexity index is 1280. The van der Waals surface area contributed by atoms with Gasteiger partial charge in [-0.1, -0.05) is 51.8 Å². The van der Waals surface area contributed by atoms with Crippen LogP contribution in [0.1, 0.15) is 26.5 Å². The molecule has 31 heavy (non-hydrogen) atoms. The molecular weight excluding hydrogens is 482 g/mol. The number of benzene rings is 3. The maximum Gasteiger partial charge on any atom is 0.230 e. The Balaban J connectivity index is 1.67. The van der Waals surface area contributed by atoms with Crippen LogP contribution in [0.15, 0.2) is 75.6 Å². The first-order chi connectivity index (χ1) is 15.0. The zero-order valence-corrected chi connectivity index (χ0v) is 18.8. The second-order valence-corrected chi connectivity index (χ2v) is 8.09. The molecule has 0 fully saturated rings. The van der Waals surface area contributed by atoms with Crippen LogP contribution >= 0.6 is 27.5 Å². The lowest BCUT2D eigenvalue weighted by atomic mass is 10.1. The molecule has 0 unspecified atom stereocenters. The summed E-state index contributed by atoms with van der Waals surface area (Å²) in [6.45, 7) is 0.00874. The van der Waals surface area contributed by atoms with Gasteiger partial charge >= 0.3 is 0 Å². The molecule has 5 nitrogen and oxygen atoms in total. The van der Waals surface area contributed by atoms with Crippen LogP contribution in [0, 0.1) is 0 Å². The predicted octanol–water partition coefficient (Wildman–Crippen LogP) is 6.38. The third-order valence-corrected chi connectivity index (χ3v) is 5.63. The van der Waals surface area contributed by atoms with Crippen molar-refractivity contribution in [2.45, 2.75) is 0 Å². The number of Topliss-reactive ketones (excluding diaryl/α,β-unsaturated/α-hetero) is 1. The van der Waals surface area contributed by atoms with Crippen LogP contribution in [0.4, 0.5) is 5.69 Å². The molecule has 1 heterocycles. The molecule has 0 atom stereocenters. The number of rotatable bonds is 7. The lowest BCUT2D eigenvalue weighted by molar-refractivity contribution is 0.0997. The molecule has 0 saturated heterocycles. The highest BCUT2D eigenvalue weighted by atomic mass is 79.9. The minimum atomic E-state index is -0.348. The van der Waals surface area contributed by atoms with Crippen LogP contribution in [-0.2, 0) is 0 Å². The fraction of sp³-hybridized carbons (Fsp3) is 0.0833. The highest BCUT2D eigenvalue weighted by molar-refractivity contribution is 9.10. The lowest BCUT2D eigenvalue weighted by Crippen LogP contribution is -2.15. The molecule has 156 valence electrons. The summed E-state index contributed by atoms with van der Waals surface area (Å²) in [6, 6.07) is 19.2. The summed E-state index contributed by atoms with van der Waals surface area (Å²) < 4.78 is 11.9. The first kappa shape index (κ1) is 21.2. The Labute approximate surface area is 192 Å². The predicted molar refractivity (Wildman–Crippen MR) is 125 cm³/mol. The number of ether oxygens (including phenoxy) is 1. The van der Waals surface area contributed by atoms with Gasteiger partial charge in [0.2, 0.25) is 5.78 Å². The second-order valence-electron chi connectivity index (χ2n) is 6.76. The van der Waals surface area contributed by atoms with Crippen molar-refractivity contribution in [1.82, 2.24) is 0 Å². The van der Waals surface area contributed by atoms with Crippen molar-refractivity contribution in [3.63, 3.8) is 0 Å². The maximum atomic E-state index is 13.2. The number of halogens is 2. The molecule has 0 radical (unpaired) electrons. The van der Waals surface area contributed by atoms with Crippen molar-refractivity contribution in [3.05, 3.63) is 93.1 Å². The van der Waals surface area contributed by atoms with Gasteiger partial charge in [0.15, 0.2) is 11.5 Å². The molecule has 1 N–H and O–H groups in total. The van der Waals surface area contributed by atoms with E-state index in [1.165, 1.54) is 13.2 Å². The summed E-state index contributed by atoms with van der Waals surface area (Å²) in [4.78, 5) is 25.8. The summed E-state index contributed by atoms with van der Waals surface area (Å²) in [5.74, 6) is 0.135. The molecule has 0 aliphatic carbocycles. The number of anilines is 1. The van der Waals surface area contributed by atoms with E-state index < -0.39 is 0 Å². The van der Waals surface area contributed by atoms with E-state index in [4.69, 9.17) is 20.8 Å². The van der Waals surface area contributed by atoms with Crippen molar-refractivity contribution >= 4 is 55.8 Å². The number of para-hydroxylation sites is 1. The molecular formula is C24H17BrClNO4. The van der Waals surface area contributed by atoms with Gasteiger partial charge in [-0.3, -0.25) is 9.59 Å². The van der Waals surface area contributed by atoms with Crippen molar-refractivity contribution in [3.8, 4) is 5.75 Å². The quantitative estimate of drug-likeness (QED) is 0.299. The number of carbonyl (C=O) groups is 2. The summed E-state index contributed by atoms with van der Waals surface area (Å²) in [7, 11) is 1.51. The van der Waals surface area contributed by atoms with Gasteiger partial charge in [0.25, 0.3) is 0 Å². The third-order valence-electron chi connectivity index (χ3n) is 4.81. The molecule has 4 aromatic rings. The lowest BCUT2D eigenvalue weighted by Gasteiger charge is -2.08. The second kappa shape index (κ2) is 8.96. The van der Waals surface area contributed by atoms with Crippen LogP contribution in [-0.4, -0.2) is 25.2 Å². The smallest absolute Gasteiger partial charge is 0.230 e. The van der Waals surface area contributed by atoms with Gasteiger partial charge in [-0.2, -0.15) is 0 Å². The van der Waals surface area contributed by atoms with Gasteiger partial charge in [-0.05, 0) is 42.5 Å². The van der Waals surface area contributed by atoms with Crippen molar-refractivity contribution in [1.29, 1.82) is 0 Å². The van der Waals surface area contributed by atoms with Crippen LogP contribution in [0.2, 0.25) is 5.02 Å². The number of carbonyl (C=O) groups excluding carboxylic acids is 2. The number of hydrogen-bond donors (Lipinski definition) is 1. The first-order valence-corrected chi connectivity index (χ1v) is 10.6. The average molecular weight is 499 g/mol. The Kier molecular flexibility index (Phi) is 6.11. The molecule has 1 aromatic heterocycles. The molecule has 3 aromatic carbocycles.